The van der Waals surface area contributed by atoms with E-state index < -0.39 is 53.0 Å². The lowest BCUT2D eigenvalue weighted by Gasteiger charge is -2.08. The minimum absolute atomic E-state index is 0.0197. The quantitative estimate of drug-likeness (QED) is 0.450. The maximum absolute atomic E-state index is 13.4. The van der Waals surface area contributed by atoms with Gasteiger partial charge in [0.05, 0.1) is 11.5 Å². The van der Waals surface area contributed by atoms with Gasteiger partial charge < -0.3 is 4.74 Å². The fourth-order valence-electron chi connectivity index (χ4n) is 2.46. The van der Waals surface area contributed by atoms with Crippen molar-refractivity contribution in [2.75, 3.05) is 0 Å². The van der Waals surface area contributed by atoms with Crippen molar-refractivity contribution in [2.24, 2.45) is 17.3 Å². The maximum atomic E-state index is 13.4. The van der Waals surface area contributed by atoms with Crippen LogP contribution in [0.5, 0.6) is 0 Å². The summed E-state index contributed by atoms with van der Waals surface area (Å²) in [6, 6.07) is 0. The molecule has 3 nitrogen and oxygen atoms in total. The van der Waals surface area contributed by atoms with Gasteiger partial charge in [0.2, 0.25) is 0 Å². The van der Waals surface area contributed by atoms with Gasteiger partial charge in [0, 0.05) is 0 Å². The van der Waals surface area contributed by atoms with E-state index in [0.29, 0.717) is 0 Å². The molecule has 1 aliphatic carbocycles. The number of esters is 1. The molecule has 0 radical (unpaired) electrons. The molecule has 0 aliphatic heterocycles. The molecule has 0 saturated heterocycles. The van der Waals surface area contributed by atoms with Gasteiger partial charge in [-0.1, -0.05) is 37.0 Å². The van der Waals surface area contributed by atoms with Crippen molar-refractivity contribution >= 4 is 29.2 Å². The lowest BCUT2D eigenvalue weighted by Crippen LogP contribution is -2.14. The highest BCUT2D eigenvalue weighted by molar-refractivity contribution is 6.55. The molecule has 1 aromatic rings. The standard InChI is InChI=1S/C14H11Cl2F4NO2/c1-14(2)6(3-7(15)16)8(14)13(22)23-4-5-9(17)11(19)21-12(20)10(5)18/h3,6,8H,4H2,1-2H3. The van der Waals surface area contributed by atoms with Crippen LogP contribution in [0.25, 0.3) is 0 Å². The summed E-state index contributed by atoms with van der Waals surface area (Å²) in [6.45, 7) is 2.55. The zero-order valence-corrected chi connectivity index (χ0v) is 13.5. The first kappa shape index (κ1) is 18.0. The summed E-state index contributed by atoms with van der Waals surface area (Å²) in [6.07, 6.45) is 1.46. The Morgan fingerprint density at radius 2 is 1.74 bits per heavy atom. The molecular weight excluding hydrogens is 361 g/mol. The number of carbonyl (C=O) groups excluding carboxylic acids is 1. The van der Waals surface area contributed by atoms with Crippen LogP contribution in [-0.2, 0) is 16.1 Å². The highest BCUT2D eigenvalue weighted by Gasteiger charge is 2.61. The number of carbonyl (C=O) groups is 1. The van der Waals surface area contributed by atoms with E-state index in [0.717, 1.165) is 0 Å². The number of pyridine rings is 1. The van der Waals surface area contributed by atoms with E-state index >= 15 is 0 Å². The van der Waals surface area contributed by atoms with Crippen LogP contribution < -0.4 is 0 Å². The van der Waals surface area contributed by atoms with Crippen LogP contribution in [0.2, 0.25) is 0 Å². The van der Waals surface area contributed by atoms with Crippen LogP contribution in [-0.4, -0.2) is 11.0 Å². The third-order valence-corrected chi connectivity index (χ3v) is 4.17. The van der Waals surface area contributed by atoms with E-state index in [1.807, 2.05) is 0 Å². The lowest BCUT2D eigenvalue weighted by molar-refractivity contribution is -0.147. The van der Waals surface area contributed by atoms with E-state index in [-0.39, 0.29) is 10.4 Å². The summed E-state index contributed by atoms with van der Waals surface area (Å²) >= 11 is 11.1. The number of rotatable bonds is 4. The van der Waals surface area contributed by atoms with Crippen molar-refractivity contribution in [1.82, 2.24) is 4.98 Å². The van der Waals surface area contributed by atoms with Gasteiger partial charge in [-0.3, -0.25) is 4.79 Å². The second-order valence-corrected chi connectivity index (χ2v) is 6.70. The predicted molar refractivity (Wildman–Crippen MR) is 74.4 cm³/mol. The van der Waals surface area contributed by atoms with Gasteiger partial charge in [-0.05, 0) is 17.4 Å². The number of allylic oxidation sites excluding steroid dienone is 1. The Balaban J connectivity index is 2.11. The summed E-state index contributed by atoms with van der Waals surface area (Å²) < 4.78 is 57.6. The smallest absolute Gasteiger partial charge is 0.310 e. The molecule has 1 fully saturated rings. The summed E-state index contributed by atoms with van der Waals surface area (Å²) in [4.78, 5) is 14.4. The zero-order chi connectivity index (χ0) is 17.5. The molecule has 1 aromatic heterocycles. The van der Waals surface area contributed by atoms with Gasteiger partial charge in [0.1, 0.15) is 11.1 Å². The first-order chi connectivity index (χ1) is 10.6. The number of hydrogen-bond donors (Lipinski definition) is 0. The molecule has 2 atom stereocenters. The van der Waals surface area contributed by atoms with Crippen LogP contribution in [0.4, 0.5) is 17.6 Å². The minimum atomic E-state index is -1.81. The molecule has 0 amide bonds. The van der Waals surface area contributed by atoms with Crippen molar-refractivity contribution < 1.29 is 27.1 Å². The molecule has 0 N–H and O–H groups in total. The van der Waals surface area contributed by atoms with E-state index in [4.69, 9.17) is 27.9 Å². The summed E-state index contributed by atoms with van der Waals surface area (Å²) in [5, 5.41) is 0. The molecule has 23 heavy (non-hydrogen) atoms. The van der Waals surface area contributed by atoms with Crippen LogP contribution in [0.1, 0.15) is 19.4 Å². The Morgan fingerprint density at radius 1 is 1.22 bits per heavy atom. The predicted octanol–water partition coefficient (Wildman–Crippen LogP) is 4.27. The van der Waals surface area contributed by atoms with Gasteiger partial charge in [-0.15, -0.1) is 0 Å². The molecule has 9 heteroatoms. The molecular formula is C14H11Cl2F4NO2. The molecule has 1 aliphatic rings. The third-order valence-electron chi connectivity index (χ3n) is 3.92. The molecule has 0 spiro atoms. The topological polar surface area (TPSA) is 39.2 Å². The van der Waals surface area contributed by atoms with Gasteiger partial charge in [-0.2, -0.15) is 13.8 Å². The Hall–Kier alpha value is -1.34. The van der Waals surface area contributed by atoms with Crippen LogP contribution in [0.15, 0.2) is 10.6 Å². The largest absolute Gasteiger partial charge is 0.460 e. The number of aromatic nitrogens is 1. The maximum Gasteiger partial charge on any atom is 0.310 e. The Labute approximate surface area is 139 Å². The van der Waals surface area contributed by atoms with E-state index in [1.54, 1.807) is 13.8 Å². The van der Waals surface area contributed by atoms with Crippen molar-refractivity contribution in [3.8, 4) is 0 Å². The molecule has 126 valence electrons. The first-order valence-corrected chi connectivity index (χ1v) is 7.21. The number of halogens is 6. The Bertz CT molecular complexity index is 664. The first-order valence-electron chi connectivity index (χ1n) is 6.45. The lowest BCUT2D eigenvalue weighted by atomic mass is 10.1. The molecule has 1 heterocycles. The molecule has 0 bridgehead atoms. The number of ether oxygens (including phenoxy) is 1. The highest BCUT2D eigenvalue weighted by Crippen LogP contribution is 2.60. The average Bonchev–Trinajstić information content (AvgIpc) is 2.96. The van der Waals surface area contributed by atoms with Crippen LogP contribution >= 0.6 is 23.2 Å². The SMILES string of the molecule is CC1(C)C(C=C(Cl)Cl)C1C(=O)OCc1c(F)c(F)nc(F)c1F. The monoisotopic (exact) mass is 371 g/mol. The Kier molecular flexibility index (Phi) is 4.92. The van der Waals surface area contributed by atoms with Crippen LogP contribution in [0, 0.1) is 40.8 Å². The van der Waals surface area contributed by atoms with Gasteiger partial charge in [0.15, 0.2) is 11.6 Å². The van der Waals surface area contributed by atoms with Gasteiger partial charge in [0.25, 0.3) is 11.9 Å². The third kappa shape index (κ3) is 3.45. The number of hydrogen-bond acceptors (Lipinski definition) is 3. The fourth-order valence-corrected chi connectivity index (χ4v) is 2.74. The second-order valence-electron chi connectivity index (χ2n) is 5.69. The molecule has 1 saturated carbocycles. The van der Waals surface area contributed by atoms with Gasteiger partial charge in [-0.25, -0.2) is 8.78 Å². The van der Waals surface area contributed by atoms with Crippen molar-refractivity contribution in [2.45, 2.75) is 20.5 Å². The highest BCUT2D eigenvalue weighted by atomic mass is 35.5. The normalized spacial score (nSPS) is 21.7. The van der Waals surface area contributed by atoms with E-state index in [9.17, 15) is 22.4 Å². The van der Waals surface area contributed by atoms with Crippen molar-refractivity contribution in [3.63, 3.8) is 0 Å². The van der Waals surface area contributed by atoms with Crippen molar-refractivity contribution in [1.29, 1.82) is 0 Å². The average molecular weight is 372 g/mol. The number of nitrogens with zero attached hydrogens (tertiary/aromatic N) is 1. The fraction of sp³-hybridized carbons (Fsp3) is 0.429. The van der Waals surface area contributed by atoms with E-state index in [1.165, 1.54) is 6.08 Å². The molecule has 0 aromatic carbocycles. The zero-order valence-electron chi connectivity index (χ0n) is 12.0. The minimum Gasteiger partial charge on any atom is -0.460 e. The Morgan fingerprint density at radius 3 is 2.22 bits per heavy atom. The van der Waals surface area contributed by atoms with E-state index in [2.05, 4.69) is 4.98 Å². The van der Waals surface area contributed by atoms with Gasteiger partial charge >= 0.3 is 5.97 Å². The van der Waals surface area contributed by atoms with Crippen LogP contribution in [0.3, 0.4) is 0 Å². The second kappa shape index (κ2) is 6.28. The summed E-state index contributed by atoms with van der Waals surface area (Å²) in [7, 11) is 0. The molecule has 2 unspecified atom stereocenters. The summed E-state index contributed by atoms with van der Waals surface area (Å²) in [5.41, 5.74) is -1.54. The summed E-state index contributed by atoms with van der Waals surface area (Å²) in [5.74, 6) is -8.73. The molecule has 2 rings (SSSR count). The van der Waals surface area contributed by atoms with Crippen molar-refractivity contribution in [3.05, 3.63) is 39.7 Å².